The number of likely N-dealkylation sites (tertiary alicyclic amines) is 1. The number of aryl methyl sites for hydroxylation is 1. The zero-order chi connectivity index (χ0) is 20.0. The first-order valence-corrected chi connectivity index (χ1v) is 10.5. The van der Waals surface area contributed by atoms with Crippen molar-refractivity contribution in [1.82, 2.24) is 19.0 Å². The van der Waals surface area contributed by atoms with Crippen LogP contribution in [0.15, 0.2) is 47.5 Å². The van der Waals surface area contributed by atoms with Gasteiger partial charge in [-0.25, -0.2) is 4.98 Å². The van der Waals surface area contributed by atoms with Gasteiger partial charge in [0.15, 0.2) is 0 Å². The number of imidazole rings is 1. The number of amides is 1. The quantitative estimate of drug-likeness (QED) is 0.688. The predicted octanol–water partition coefficient (Wildman–Crippen LogP) is 3.05. The molecule has 1 saturated heterocycles. The number of aromatic nitrogens is 3. The molecule has 1 atom stereocenters. The van der Waals surface area contributed by atoms with Crippen molar-refractivity contribution < 1.29 is 4.79 Å². The topological polar surface area (TPSA) is 60.1 Å². The highest BCUT2D eigenvalue weighted by Crippen LogP contribution is 2.33. The highest BCUT2D eigenvalue weighted by molar-refractivity contribution is 5.83. The summed E-state index contributed by atoms with van der Waals surface area (Å²) in [5.74, 6) is 1.72. The molecule has 1 aliphatic carbocycles. The van der Waals surface area contributed by atoms with Gasteiger partial charge in [0.2, 0.25) is 5.91 Å². The first-order chi connectivity index (χ1) is 14.1. The molecule has 6 heteroatoms. The average molecular weight is 390 g/mol. The Hall–Kier alpha value is -2.89. The molecule has 0 bridgehead atoms. The van der Waals surface area contributed by atoms with Crippen molar-refractivity contribution in [3.05, 3.63) is 53.1 Å². The van der Waals surface area contributed by atoms with Gasteiger partial charge >= 0.3 is 0 Å². The number of fused-ring (bicyclic) bond motifs is 1. The highest BCUT2D eigenvalue weighted by atomic mass is 16.2. The van der Waals surface area contributed by atoms with E-state index in [4.69, 9.17) is 0 Å². The molecule has 29 heavy (non-hydrogen) atoms. The monoisotopic (exact) mass is 390 g/mol. The molecule has 5 rings (SSSR count). The number of carbonyl (C=O) groups is 1. The van der Waals surface area contributed by atoms with Crippen LogP contribution in [-0.4, -0.2) is 38.0 Å². The molecule has 1 saturated carbocycles. The third kappa shape index (κ3) is 3.37. The van der Waals surface area contributed by atoms with Gasteiger partial charge in [0, 0.05) is 45.0 Å². The molecule has 2 fully saturated rings. The van der Waals surface area contributed by atoms with E-state index < -0.39 is 0 Å². The zero-order valence-electron chi connectivity index (χ0n) is 16.8. The van der Waals surface area contributed by atoms with Crippen LogP contribution in [-0.2, 0) is 18.4 Å². The summed E-state index contributed by atoms with van der Waals surface area (Å²) in [5, 5.41) is 1.03. The van der Waals surface area contributed by atoms with E-state index in [2.05, 4.69) is 14.5 Å². The Morgan fingerprint density at radius 2 is 2.03 bits per heavy atom. The van der Waals surface area contributed by atoms with Crippen molar-refractivity contribution >= 4 is 16.8 Å². The largest absolute Gasteiger partial charge is 0.342 e. The van der Waals surface area contributed by atoms with E-state index in [0.717, 1.165) is 56.2 Å². The second kappa shape index (κ2) is 7.17. The summed E-state index contributed by atoms with van der Waals surface area (Å²) in [5.41, 5.74) is 1.50. The van der Waals surface area contributed by atoms with Crippen LogP contribution in [0.1, 0.15) is 25.7 Å². The third-order valence-corrected chi connectivity index (χ3v) is 6.30. The van der Waals surface area contributed by atoms with E-state index in [1.165, 1.54) is 0 Å². The van der Waals surface area contributed by atoms with Gasteiger partial charge in [0.05, 0.1) is 11.1 Å². The molecular formula is C23H26N4O2. The van der Waals surface area contributed by atoms with Gasteiger partial charge in [-0.3, -0.25) is 9.59 Å². The highest BCUT2D eigenvalue weighted by Gasteiger charge is 2.35. The number of rotatable bonds is 4. The van der Waals surface area contributed by atoms with E-state index in [1.54, 1.807) is 10.8 Å². The van der Waals surface area contributed by atoms with Gasteiger partial charge in [-0.05, 0) is 49.1 Å². The van der Waals surface area contributed by atoms with Gasteiger partial charge in [-0.15, -0.1) is 0 Å². The number of benzene rings is 1. The fourth-order valence-electron chi connectivity index (χ4n) is 4.56. The number of piperidine rings is 1. The summed E-state index contributed by atoms with van der Waals surface area (Å²) in [6, 6.07) is 9.85. The number of hydrogen-bond acceptors (Lipinski definition) is 3. The number of para-hydroxylation sites is 1. The summed E-state index contributed by atoms with van der Waals surface area (Å²) in [4.78, 5) is 32.0. The molecule has 6 nitrogen and oxygen atoms in total. The maximum absolute atomic E-state index is 13.0. The molecule has 1 amide bonds. The van der Waals surface area contributed by atoms with E-state index >= 15 is 0 Å². The lowest BCUT2D eigenvalue weighted by Crippen LogP contribution is -2.41. The molecule has 0 spiro atoms. The normalized spacial score (nSPS) is 19.6. The summed E-state index contributed by atoms with van der Waals surface area (Å²) in [6.07, 6.45) is 7.96. The molecule has 0 N–H and O–H groups in total. The first kappa shape index (κ1) is 18.2. The summed E-state index contributed by atoms with van der Waals surface area (Å²) in [6.45, 7) is 2.47. The molecule has 0 radical (unpaired) electrons. The molecule has 3 heterocycles. The summed E-state index contributed by atoms with van der Waals surface area (Å²) < 4.78 is 3.78. The van der Waals surface area contributed by atoms with Crippen molar-refractivity contribution in [2.24, 2.45) is 18.9 Å². The fourth-order valence-corrected chi connectivity index (χ4v) is 4.56. The predicted molar refractivity (Wildman–Crippen MR) is 112 cm³/mol. The van der Waals surface area contributed by atoms with Crippen LogP contribution in [0.4, 0.5) is 0 Å². The fraction of sp³-hybridized carbons (Fsp3) is 0.435. The van der Waals surface area contributed by atoms with Crippen LogP contribution in [0.5, 0.6) is 0 Å². The SMILES string of the molecule is Cn1c(=O)c(-c2nccn2CC2CCCN(C(=O)C3CC3)C2)cc2ccccc21. The molecule has 2 aromatic heterocycles. The van der Waals surface area contributed by atoms with E-state index in [-0.39, 0.29) is 11.5 Å². The Morgan fingerprint density at radius 1 is 1.21 bits per heavy atom. The minimum Gasteiger partial charge on any atom is -0.342 e. The second-order valence-electron chi connectivity index (χ2n) is 8.45. The third-order valence-electron chi connectivity index (χ3n) is 6.30. The van der Waals surface area contributed by atoms with Gasteiger partial charge in [0.25, 0.3) is 5.56 Å². The molecular weight excluding hydrogens is 364 g/mol. The second-order valence-corrected chi connectivity index (χ2v) is 8.45. The summed E-state index contributed by atoms with van der Waals surface area (Å²) >= 11 is 0. The van der Waals surface area contributed by atoms with Gasteiger partial charge < -0.3 is 14.0 Å². The lowest BCUT2D eigenvalue weighted by molar-refractivity contribution is -0.134. The van der Waals surface area contributed by atoms with Crippen LogP contribution in [0.2, 0.25) is 0 Å². The first-order valence-electron chi connectivity index (χ1n) is 10.5. The van der Waals surface area contributed by atoms with Crippen LogP contribution in [0.25, 0.3) is 22.3 Å². The van der Waals surface area contributed by atoms with Crippen molar-refractivity contribution in [2.75, 3.05) is 13.1 Å². The Balaban J connectivity index is 1.43. The standard InChI is InChI=1S/C23H26N4O2/c1-25-20-7-3-2-6-18(20)13-19(23(25)29)21-24-10-12-26(21)14-16-5-4-11-27(15-16)22(28)17-8-9-17/h2-3,6-7,10,12-13,16-17H,4-5,8-9,11,14-15H2,1H3. The molecule has 1 unspecified atom stereocenters. The minimum atomic E-state index is -0.0367. The lowest BCUT2D eigenvalue weighted by atomic mass is 9.97. The number of nitrogens with zero attached hydrogens (tertiary/aromatic N) is 4. The lowest BCUT2D eigenvalue weighted by Gasteiger charge is -2.33. The van der Waals surface area contributed by atoms with E-state index in [1.807, 2.05) is 43.6 Å². The Morgan fingerprint density at radius 3 is 2.86 bits per heavy atom. The smallest absolute Gasteiger partial charge is 0.261 e. The van der Waals surface area contributed by atoms with Crippen LogP contribution < -0.4 is 5.56 Å². The van der Waals surface area contributed by atoms with Gasteiger partial charge in [-0.1, -0.05) is 18.2 Å². The Labute approximate surface area is 169 Å². The van der Waals surface area contributed by atoms with Crippen molar-refractivity contribution in [2.45, 2.75) is 32.2 Å². The number of carbonyl (C=O) groups excluding carboxylic acids is 1. The van der Waals surface area contributed by atoms with Crippen LogP contribution in [0.3, 0.4) is 0 Å². The molecule has 2 aliphatic rings. The van der Waals surface area contributed by atoms with Crippen molar-refractivity contribution in [3.8, 4) is 11.4 Å². The molecule has 150 valence electrons. The van der Waals surface area contributed by atoms with Crippen LogP contribution >= 0.6 is 0 Å². The summed E-state index contributed by atoms with van der Waals surface area (Å²) in [7, 11) is 1.81. The molecule has 1 aromatic carbocycles. The van der Waals surface area contributed by atoms with Gasteiger partial charge in [-0.2, -0.15) is 0 Å². The Kier molecular flexibility index (Phi) is 4.49. The average Bonchev–Trinajstić information content (AvgIpc) is 3.50. The minimum absolute atomic E-state index is 0.0367. The molecule has 3 aromatic rings. The van der Waals surface area contributed by atoms with Gasteiger partial charge in [0.1, 0.15) is 5.82 Å². The van der Waals surface area contributed by atoms with Crippen molar-refractivity contribution in [1.29, 1.82) is 0 Å². The zero-order valence-corrected chi connectivity index (χ0v) is 16.8. The van der Waals surface area contributed by atoms with E-state index in [9.17, 15) is 9.59 Å². The van der Waals surface area contributed by atoms with Crippen LogP contribution in [0, 0.1) is 11.8 Å². The Bertz CT molecular complexity index is 1130. The number of pyridine rings is 1. The molecule has 1 aliphatic heterocycles. The van der Waals surface area contributed by atoms with E-state index in [0.29, 0.717) is 23.2 Å². The maximum Gasteiger partial charge on any atom is 0.261 e. The maximum atomic E-state index is 13.0. The number of hydrogen-bond donors (Lipinski definition) is 0. The van der Waals surface area contributed by atoms with Crippen molar-refractivity contribution in [3.63, 3.8) is 0 Å².